The maximum atomic E-state index is 11.5. The number of carboxylic acids is 1. The van der Waals surface area contributed by atoms with Gasteiger partial charge in [0.05, 0.1) is 0 Å². The number of nitrogens with zero attached hydrogens (tertiary/aromatic N) is 1. The number of amides is 2. The molecule has 0 spiro atoms. The third kappa shape index (κ3) is 2.46. The molecule has 1 heterocycles. The molecule has 104 valence electrons. The largest absolute Gasteiger partial charge is 0.504 e. The highest BCUT2D eigenvalue weighted by Crippen LogP contribution is 2.26. The number of benzene rings is 1. The average molecular weight is 277 g/mol. The second kappa shape index (κ2) is 5.04. The Morgan fingerprint density at radius 3 is 2.20 bits per heavy atom. The molecule has 0 saturated carbocycles. The van der Waals surface area contributed by atoms with Crippen molar-refractivity contribution in [1.29, 1.82) is 0 Å². The molecule has 7 nitrogen and oxygen atoms in total. The summed E-state index contributed by atoms with van der Waals surface area (Å²) < 4.78 is 0. The third-order valence-corrected chi connectivity index (χ3v) is 2.91. The van der Waals surface area contributed by atoms with Crippen LogP contribution in [-0.2, 0) is 20.8 Å². The van der Waals surface area contributed by atoms with Crippen molar-refractivity contribution in [3.8, 4) is 11.5 Å². The van der Waals surface area contributed by atoms with Gasteiger partial charge in [0.25, 0.3) is 11.8 Å². The quantitative estimate of drug-likeness (QED) is 0.528. The van der Waals surface area contributed by atoms with Crippen molar-refractivity contribution >= 4 is 17.8 Å². The number of hydrogen-bond acceptors (Lipinski definition) is 5. The summed E-state index contributed by atoms with van der Waals surface area (Å²) in [4.78, 5) is 34.9. The molecule has 0 aliphatic carbocycles. The molecule has 1 aliphatic heterocycles. The molecule has 1 atom stereocenters. The monoisotopic (exact) mass is 277 g/mol. The zero-order chi connectivity index (χ0) is 14.9. The normalized spacial score (nSPS) is 15.7. The minimum atomic E-state index is -1.37. The minimum absolute atomic E-state index is 0.164. The van der Waals surface area contributed by atoms with Crippen LogP contribution in [0.3, 0.4) is 0 Å². The Morgan fingerprint density at radius 2 is 1.70 bits per heavy atom. The predicted molar refractivity (Wildman–Crippen MR) is 65.9 cm³/mol. The Labute approximate surface area is 113 Å². The summed E-state index contributed by atoms with van der Waals surface area (Å²) in [6, 6.07) is 2.43. The Morgan fingerprint density at radius 1 is 1.10 bits per heavy atom. The highest BCUT2D eigenvalue weighted by molar-refractivity contribution is 6.14. The van der Waals surface area contributed by atoms with Crippen molar-refractivity contribution in [2.75, 3.05) is 0 Å². The summed E-state index contributed by atoms with van der Waals surface area (Å²) in [6.07, 6.45) is 1.85. The fraction of sp³-hybridized carbons (Fsp3) is 0.154. The van der Waals surface area contributed by atoms with E-state index in [1.54, 1.807) is 0 Å². The molecule has 2 rings (SSSR count). The van der Waals surface area contributed by atoms with Crippen molar-refractivity contribution in [2.45, 2.75) is 12.5 Å². The molecule has 20 heavy (non-hydrogen) atoms. The van der Waals surface area contributed by atoms with Gasteiger partial charge in [0.1, 0.15) is 6.04 Å². The lowest BCUT2D eigenvalue weighted by Gasteiger charge is -2.22. The van der Waals surface area contributed by atoms with Gasteiger partial charge in [-0.25, -0.2) is 4.79 Å². The number of aliphatic carboxylic acids is 1. The fourth-order valence-electron chi connectivity index (χ4n) is 1.93. The van der Waals surface area contributed by atoms with Gasteiger partial charge in [0, 0.05) is 18.6 Å². The van der Waals surface area contributed by atoms with Gasteiger partial charge in [-0.3, -0.25) is 14.5 Å². The number of rotatable bonds is 4. The smallest absolute Gasteiger partial charge is 0.327 e. The second-order valence-electron chi connectivity index (χ2n) is 4.26. The zero-order valence-electron chi connectivity index (χ0n) is 10.2. The molecular weight excluding hydrogens is 266 g/mol. The number of aromatic hydroxyl groups is 2. The summed E-state index contributed by atoms with van der Waals surface area (Å²) in [5, 5.41) is 27.7. The van der Waals surface area contributed by atoms with Gasteiger partial charge in [-0.05, 0) is 17.7 Å². The van der Waals surface area contributed by atoms with Crippen LogP contribution in [0.5, 0.6) is 11.5 Å². The van der Waals surface area contributed by atoms with Crippen molar-refractivity contribution in [1.82, 2.24) is 4.90 Å². The molecule has 3 N–H and O–H groups in total. The van der Waals surface area contributed by atoms with E-state index < -0.39 is 29.6 Å². The molecule has 0 aromatic heterocycles. The lowest BCUT2D eigenvalue weighted by Crippen LogP contribution is -2.46. The number of carbonyl (C=O) groups is 3. The molecule has 0 radical (unpaired) electrons. The van der Waals surface area contributed by atoms with Crippen molar-refractivity contribution in [3.05, 3.63) is 35.9 Å². The van der Waals surface area contributed by atoms with E-state index in [1.807, 2.05) is 0 Å². The Hall–Kier alpha value is -2.83. The van der Waals surface area contributed by atoms with E-state index in [4.69, 9.17) is 5.11 Å². The van der Waals surface area contributed by atoms with Crippen LogP contribution in [0.2, 0.25) is 0 Å². The number of phenolic OH excluding ortho intramolecular Hbond substituents is 2. The molecule has 2 amide bonds. The van der Waals surface area contributed by atoms with Crippen LogP contribution in [0, 0.1) is 0 Å². The van der Waals surface area contributed by atoms with E-state index in [0.29, 0.717) is 10.5 Å². The molecule has 1 aliphatic rings. The molecule has 1 aromatic carbocycles. The highest BCUT2D eigenvalue weighted by atomic mass is 16.4. The number of carbonyl (C=O) groups excluding carboxylic acids is 2. The van der Waals surface area contributed by atoms with Crippen LogP contribution in [0.1, 0.15) is 5.56 Å². The van der Waals surface area contributed by atoms with Crippen LogP contribution < -0.4 is 0 Å². The second-order valence-corrected chi connectivity index (χ2v) is 4.26. The molecule has 7 heteroatoms. The van der Waals surface area contributed by atoms with Crippen LogP contribution >= 0.6 is 0 Å². The number of hydrogen-bond donors (Lipinski definition) is 3. The summed E-state index contributed by atoms with van der Waals surface area (Å²) in [5.41, 5.74) is 0.375. The van der Waals surface area contributed by atoms with Crippen LogP contribution in [0.4, 0.5) is 0 Å². The lowest BCUT2D eigenvalue weighted by molar-refractivity contribution is -0.153. The van der Waals surface area contributed by atoms with E-state index >= 15 is 0 Å². The van der Waals surface area contributed by atoms with E-state index in [-0.39, 0.29) is 12.2 Å². The maximum Gasteiger partial charge on any atom is 0.327 e. The summed E-state index contributed by atoms with van der Waals surface area (Å²) in [7, 11) is 0. The standard InChI is InChI=1S/C13H11NO6/c15-9-2-1-7(6-10(9)16)5-8(13(19)20)14-11(17)3-4-12(14)18/h1-4,6,8,15-16H,5H2,(H,19,20). The first-order valence-corrected chi connectivity index (χ1v) is 5.69. The topological polar surface area (TPSA) is 115 Å². The van der Waals surface area contributed by atoms with Gasteiger partial charge < -0.3 is 15.3 Å². The fourth-order valence-corrected chi connectivity index (χ4v) is 1.93. The van der Waals surface area contributed by atoms with Crippen molar-refractivity contribution in [3.63, 3.8) is 0 Å². The van der Waals surface area contributed by atoms with Crippen molar-refractivity contribution < 1.29 is 29.7 Å². The van der Waals surface area contributed by atoms with Gasteiger partial charge >= 0.3 is 5.97 Å². The van der Waals surface area contributed by atoms with E-state index in [2.05, 4.69) is 0 Å². The first-order chi connectivity index (χ1) is 9.40. The van der Waals surface area contributed by atoms with Gasteiger partial charge in [-0.15, -0.1) is 0 Å². The molecule has 0 saturated heterocycles. The average Bonchev–Trinajstić information content (AvgIpc) is 2.70. The SMILES string of the molecule is O=C(O)C(Cc1ccc(O)c(O)c1)N1C(=O)C=CC1=O. The Balaban J connectivity index is 2.26. The van der Waals surface area contributed by atoms with Gasteiger partial charge in [-0.1, -0.05) is 6.07 Å². The number of carboxylic acid groups (broad SMARTS) is 1. The van der Waals surface area contributed by atoms with E-state index in [0.717, 1.165) is 12.2 Å². The van der Waals surface area contributed by atoms with Gasteiger partial charge in [0.2, 0.25) is 0 Å². The highest BCUT2D eigenvalue weighted by Gasteiger charge is 2.35. The van der Waals surface area contributed by atoms with Gasteiger partial charge in [-0.2, -0.15) is 0 Å². The Kier molecular flexibility index (Phi) is 3.43. The zero-order valence-corrected chi connectivity index (χ0v) is 10.2. The predicted octanol–water partition coefficient (Wildman–Crippen LogP) is 0.0185. The minimum Gasteiger partial charge on any atom is -0.504 e. The molecule has 1 unspecified atom stereocenters. The third-order valence-electron chi connectivity index (χ3n) is 2.91. The summed E-state index contributed by atoms with van der Waals surface area (Å²) >= 11 is 0. The van der Waals surface area contributed by atoms with E-state index in [1.165, 1.54) is 18.2 Å². The number of imide groups is 1. The molecule has 0 bridgehead atoms. The number of phenols is 2. The molecular formula is C13H11NO6. The Bertz CT molecular complexity index is 603. The maximum absolute atomic E-state index is 11.5. The lowest BCUT2D eigenvalue weighted by atomic mass is 10.0. The molecule has 0 fully saturated rings. The summed E-state index contributed by atoms with van der Waals surface area (Å²) in [5.74, 6) is -3.45. The molecule has 1 aromatic rings. The first kappa shape index (κ1) is 13.6. The van der Waals surface area contributed by atoms with Crippen LogP contribution in [-0.4, -0.2) is 44.0 Å². The van der Waals surface area contributed by atoms with Crippen LogP contribution in [0.25, 0.3) is 0 Å². The van der Waals surface area contributed by atoms with Crippen LogP contribution in [0.15, 0.2) is 30.4 Å². The van der Waals surface area contributed by atoms with Crippen molar-refractivity contribution in [2.24, 2.45) is 0 Å². The van der Waals surface area contributed by atoms with Gasteiger partial charge in [0.15, 0.2) is 11.5 Å². The summed E-state index contributed by atoms with van der Waals surface area (Å²) in [6.45, 7) is 0. The van der Waals surface area contributed by atoms with E-state index in [9.17, 15) is 24.6 Å². The first-order valence-electron chi connectivity index (χ1n) is 5.69.